The molecule has 1 N–H and O–H groups in total. The van der Waals surface area contributed by atoms with Gasteiger partial charge in [-0.25, -0.2) is 9.67 Å². The van der Waals surface area contributed by atoms with Crippen LogP contribution in [0.1, 0.15) is 53.4 Å². The molecule has 21 heavy (non-hydrogen) atoms. The van der Waals surface area contributed by atoms with E-state index in [4.69, 9.17) is 0 Å². The minimum atomic E-state index is -0.263. The third kappa shape index (κ3) is 3.34. The summed E-state index contributed by atoms with van der Waals surface area (Å²) in [6.45, 7) is 5.98. The molecule has 1 atom stereocenters. The maximum atomic E-state index is 12.2. The van der Waals surface area contributed by atoms with Crippen molar-refractivity contribution in [2.24, 2.45) is 0 Å². The quantitative estimate of drug-likeness (QED) is 0.853. The molecule has 1 amide bonds. The van der Waals surface area contributed by atoms with Gasteiger partial charge in [0, 0.05) is 17.7 Å². The largest absolute Gasteiger partial charge is 0.342 e. The molecular formula is C15H18N4O2. The molecular weight excluding hydrogens is 268 g/mol. The van der Waals surface area contributed by atoms with Crippen LogP contribution in [-0.4, -0.2) is 26.5 Å². The Labute approximate surface area is 123 Å². The number of aromatic nitrogens is 3. The molecule has 0 fully saturated rings. The molecule has 2 aromatic rings. The summed E-state index contributed by atoms with van der Waals surface area (Å²) in [7, 11) is 0. The van der Waals surface area contributed by atoms with Gasteiger partial charge in [0.05, 0.1) is 6.04 Å². The number of nitrogens with one attached hydrogen (secondary N) is 1. The van der Waals surface area contributed by atoms with E-state index in [0.717, 1.165) is 0 Å². The van der Waals surface area contributed by atoms with Crippen molar-refractivity contribution in [2.45, 2.75) is 33.4 Å². The molecule has 0 spiro atoms. The lowest BCUT2D eigenvalue weighted by atomic mass is 10.1. The van der Waals surface area contributed by atoms with E-state index in [-0.39, 0.29) is 17.7 Å². The van der Waals surface area contributed by atoms with Crippen LogP contribution < -0.4 is 5.32 Å². The normalized spacial score (nSPS) is 12.0. The second-order valence-electron chi connectivity index (χ2n) is 4.77. The van der Waals surface area contributed by atoms with Gasteiger partial charge in [0.15, 0.2) is 5.78 Å². The van der Waals surface area contributed by atoms with Crippen LogP contribution in [0.2, 0.25) is 0 Å². The first-order valence-corrected chi connectivity index (χ1v) is 6.82. The fraction of sp³-hybridized carbons (Fsp3) is 0.333. The van der Waals surface area contributed by atoms with Gasteiger partial charge in [0.1, 0.15) is 12.2 Å². The summed E-state index contributed by atoms with van der Waals surface area (Å²) in [5.74, 6) is 0.397. The Morgan fingerprint density at radius 2 is 2.05 bits per heavy atom. The van der Waals surface area contributed by atoms with Gasteiger partial charge in [-0.2, -0.15) is 5.10 Å². The number of amides is 1. The second-order valence-corrected chi connectivity index (χ2v) is 4.77. The van der Waals surface area contributed by atoms with Gasteiger partial charge in [-0.05, 0) is 32.9 Å². The molecule has 0 radical (unpaired) electrons. The van der Waals surface area contributed by atoms with Crippen molar-refractivity contribution in [3.05, 3.63) is 47.5 Å². The molecule has 0 saturated carbocycles. The van der Waals surface area contributed by atoms with Gasteiger partial charge in [-0.3, -0.25) is 9.59 Å². The smallest absolute Gasteiger partial charge is 0.251 e. The average molecular weight is 286 g/mol. The first-order valence-electron chi connectivity index (χ1n) is 6.82. The molecule has 0 aliphatic rings. The lowest BCUT2D eigenvalue weighted by molar-refractivity contribution is 0.0937. The highest BCUT2D eigenvalue weighted by atomic mass is 16.1. The fourth-order valence-corrected chi connectivity index (χ4v) is 2.08. The van der Waals surface area contributed by atoms with Crippen LogP contribution >= 0.6 is 0 Å². The molecule has 0 bridgehead atoms. The number of hydrogen-bond acceptors (Lipinski definition) is 4. The number of carbonyl (C=O) groups excluding carboxylic acids is 2. The first kappa shape index (κ1) is 14.9. The van der Waals surface area contributed by atoms with Crippen LogP contribution in [-0.2, 0) is 6.54 Å². The summed E-state index contributed by atoms with van der Waals surface area (Å²) < 4.78 is 1.73. The van der Waals surface area contributed by atoms with E-state index in [0.29, 0.717) is 23.5 Å². The summed E-state index contributed by atoms with van der Waals surface area (Å²) in [6.07, 6.45) is 1.47. The van der Waals surface area contributed by atoms with Crippen molar-refractivity contribution in [1.82, 2.24) is 20.1 Å². The summed E-state index contributed by atoms with van der Waals surface area (Å²) in [5.41, 5.74) is 0.976. The van der Waals surface area contributed by atoms with E-state index < -0.39 is 0 Å². The number of nitrogens with zero attached hydrogens (tertiary/aromatic N) is 3. The van der Waals surface area contributed by atoms with Gasteiger partial charge in [0.2, 0.25) is 0 Å². The van der Waals surface area contributed by atoms with Crippen LogP contribution in [0.4, 0.5) is 0 Å². The molecule has 0 saturated heterocycles. The average Bonchev–Trinajstić information content (AvgIpc) is 2.95. The topological polar surface area (TPSA) is 76.9 Å². The molecule has 2 rings (SSSR count). The zero-order chi connectivity index (χ0) is 15.4. The highest BCUT2D eigenvalue weighted by Crippen LogP contribution is 2.11. The predicted molar refractivity (Wildman–Crippen MR) is 78.0 cm³/mol. The Morgan fingerprint density at radius 3 is 2.71 bits per heavy atom. The summed E-state index contributed by atoms with van der Waals surface area (Å²) in [4.78, 5) is 27.8. The summed E-state index contributed by atoms with van der Waals surface area (Å²) in [6, 6.07) is 6.40. The maximum absolute atomic E-state index is 12.2. The molecule has 1 aromatic carbocycles. The Hall–Kier alpha value is -2.50. The number of rotatable bonds is 5. The summed E-state index contributed by atoms with van der Waals surface area (Å²) >= 11 is 0. The standard InChI is InChI=1S/C15H18N4O2/c1-4-19-14(16-9-17-19)10(2)18-15(21)13-7-5-6-12(8-13)11(3)20/h5-10H,4H2,1-3H3,(H,18,21). The predicted octanol–water partition coefficient (Wildman–Crippen LogP) is 1.99. The molecule has 1 unspecified atom stereocenters. The summed E-state index contributed by atoms with van der Waals surface area (Å²) in [5, 5.41) is 6.95. The number of ketones is 1. The Bertz CT molecular complexity index is 663. The molecule has 110 valence electrons. The monoisotopic (exact) mass is 286 g/mol. The van der Waals surface area contributed by atoms with E-state index >= 15 is 0 Å². The number of benzene rings is 1. The van der Waals surface area contributed by atoms with Crippen molar-refractivity contribution in [1.29, 1.82) is 0 Å². The highest BCUT2D eigenvalue weighted by molar-refractivity contribution is 5.99. The van der Waals surface area contributed by atoms with Crippen molar-refractivity contribution < 1.29 is 9.59 Å². The molecule has 1 heterocycles. The van der Waals surface area contributed by atoms with Gasteiger partial charge in [-0.1, -0.05) is 12.1 Å². The van der Waals surface area contributed by atoms with Crippen LogP contribution in [0.15, 0.2) is 30.6 Å². The van der Waals surface area contributed by atoms with Crippen molar-refractivity contribution in [3.63, 3.8) is 0 Å². The highest BCUT2D eigenvalue weighted by Gasteiger charge is 2.16. The number of hydrogen-bond donors (Lipinski definition) is 1. The van der Waals surface area contributed by atoms with E-state index in [9.17, 15) is 9.59 Å². The second kappa shape index (κ2) is 6.30. The number of aryl methyl sites for hydroxylation is 1. The van der Waals surface area contributed by atoms with Crippen LogP contribution in [0.3, 0.4) is 0 Å². The molecule has 6 nitrogen and oxygen atoms in total. The minimum Gasteiger partial charge on any atom is -0.342 e. The lowest BCUT2D eigenvalue weighted by Gasteiger charge is -2.14. The third-order valence-corrected chi connectivity index (χ3v) is 3.21. The van der Waals surface area contributed by atoms with Crippen molar-refractivity contribution in [2.75, 3.05) is 0 Å². The van der Waals surface area contributed by atoms with E-state index in [1.165, 1.54) is 13.3 Å². The third-order valence-electron chi connectivity index (χ3n) is 3.21. The Kier molecular flexibility index (Phi) is 4.47. The van der Waals surface area contributed by atoms with Gasteiger partial charge < -0.3 is 5.32 Å². The van der Waals surface area contributed by atoms with E-state index in [2.05, 4.69) is 15.4 Å². The number of Topliss-reactive ketones (excluding diaryl/α,β-unsaturated/α-hetero) is 1. The maximum Gasteiger partial charge on any atom is 0.251 e. The lowest BCUT2D eigenvalue weighted by Crippen LogP contribution is -2.29. The minimum absolute atomic E-state index is 0.0663. The van der Waals surface area contributed by atoms with Crippen molar-refractivity contribution >= 4 is 11.7 Å². The van der Waals surface area contributed by atoms with Gasteiger partial charge >= 0.3 is 0 Å². The Balaban J connectivity index is 2.14. The van der Waals surface area contributed by atoms with Crippen LogP contribution in [0, 0.1) is 0 Å². The Morgan fingerprint density at radius 1 is 1.33 bits per heavy atom. The SMILES string of the molecule is CCn1ncnc1C(C)NC(=O)c1cccc(C(C)=O)c1. The van der Waals surface area contributed by atoms with Crippen molar-refractivity contribution in [3.8, 4) is 0 Å². The van der Waals surface area contributed by atoms with Gasteiger partial charge in [0.25, 0.3) is 5.91 Å². The van der Waals surface area contributed by atoms with E-state index in [1.807, 2.05) is 13.8 Å². The molecule has 0 aliphatic heterocycles. The zero-order valence-electron chi connectivity index (χ0n) is 12.3. The van der Waals surface area contributed by atoms with E-state index in [1.54, 1.807) is 28.9 Å². The molecule has 0 aliphatic carbocycles. The number of carbonyl (C=O) groups is 2. The first-order chi connectivity index (χ1) is 10.0. The van der Waals surface area contributed by atoms with Crippen LogP contribution in [0.25, 0.3) is 0 Å². The molecule has 6 heteroatoms. The molecule has 1 aromatic heterocycles. The fourth-order valence-electron chi connectivity index (χ4n) is 2.08. The van der Waals surface area contributed by atoms with Gasteiger partial charge in [-0.15, -0.1) is 0 Å². The zero-order valence-corrected chi connectivity index (χ0v) is 12.3. The van der Waals surface area contributed by atoms with Crippen LogP contribution in [0.5, 0.6) is 0 Å².